The van der Waals surface area contributed by atoms with Crippen LogP contribution in [0.4, 0.5) is 0 Å². The van der Waals surface area contributed by atoms with E-state index >= 15 is 0 Å². The first kappa shape index (κ1) is 11.3. The molecule has 2 aliphatic rings. The van der Waals surface area contributed by atoms with Gasteiger partial charge in [-0.15, -0.1) is 0 Å². The Morgan fingerprint density at radius 2 is 2.20 bits per heavy atom. The van der Waals surface area contributed by atoms with E-state index in [1.165, 1.54) is 25.1 Å². The molecule has 1 aliphatic carbocycles. The van der Waals surface area contributed by atoms with E-state index in [0.29, 0.717) is 16.7 Å². The molecule has 1 heterocycles. The molecule has 3 heteroatoms. The fourth-order valence-electron chi connectivity index (χ4n) is 2.86. The first-order valence-electron chi connectivity index (χ1n) is 5.90. The highest BCUT2D eigenvalue weighted by molar-refractivity contribution is 8.00. The van der Waals surface area contributed by atoms with E-state index in [0.717, 1.165) is 13.0 Å². The fraction of sp³-hybridized carbons (Fsp3) is 0.917. The summed E-state index contributed by atoms with van der Waals surface area (Å²) in [6, 6.07) is 3.04. The van der Waals surface area contributed by atoms with E-state index in [2.05, 4.69) is 36.6 Å². The summed E-state index contributed by atoms with van der Waals surface area (Å²) >= 11 is 2.07. The van der Waals surface area contributed by atoms with Crippen LogP contribution in [-0.4, -0.2) is 34.5 Å². The van der Waals surface area contributed by atoms with Crippen LogP contribution >= 0.6 is 11.8 Å². The summed E-state index contributed by atoms with van der Waals surface area (Å²) in [5, 5.41) is 9.12. The summed E-state index contributed by atoms with van der Waals surface area (Å²) < 4.78 is 0.376. The highest BCUT2D eigenvalue weighted by atomic mass is 32.2. The first-order chi connectivity index (χ1) is 7.12. The summed E-state index contributed by atoms with van der Waals surface area (Å²) in [6.45, 7) is 6.97. The van der Waals surface area contributed by atoms with Gasteiger partial charge in [-0.1, -0.05) is 6.42 Å². The van der Waals surface area contributed by atoms with Gasteiger partial charge in [0.25, 0.3) is 0 Å². The van der Waals surface area contributed by atoms with Crippen LogP contribution in [-0.2, 0) is 0 Å². The molecule has 15 heavy (non-hydrogen) atoms. The van der Waals surface area contributed by atoms with Crippen LogP contribution < -0.4 is 0 Å². The van der Waals surface area contributed by atoms with Gasteiger partial charge in [0, 0.05) is 29.6 Å². The topological polar surface area (TPSA) is 27.0 Å². The highest BCUT2D eigenvalue weighted by Gasteiger charge is 2.37. The predicted molar refractivity (Wildman–Crippen MR) is 64.9 cm³/mol. The Labute approximate surface area is 97.0 Å². The third-order valence-corrected chi connectivity index (χ3v) is 4.87. The van der Waals surface area contributed by atoms with Crippen LogP contribution in [0.3, 0.4) is 0 Å². The molecule has 2 fully saturated rings. The van der Waals surface area contributed by atoms with Crippen molar-refractivity contribution in [1.82, 2.24) is 4.90 Å². The van der Waals surface area contributed by atoms with Gasteiger partial charge >= 0.3 is 0 Å². The molecule has 1 aliphatic heterocycles. The van der Waals surface area contributed by atoms with Gasteiger partial charge in [0.05, 0.1) is 12.0 Å². The molecule has 0 bridgehead atoms. The molecule has 2 unspecified atom stereocenters. The van der Waals surface area contributed by atoms with Crippen molar-refractivity contribution >= 4 is 11.8 Å². The second-order valence-electron chi connectivity index (χ2n) is 5.31. The van der Waals surface area contributed by atoms with Crippen molar-refractivity contribution < 1.29 is 0 Å². The van der Waals surface area contributed by atoms with Gasteiger partial charge in [-0.25, -0.2) is 0 Å². The quantitative estimate of drug-likeness (QED) is 0.685. The predicted octanol–water partition coefficient (Wildman–Crippen LogP) is 2.51. The van der Waals surface area contributed by atoms with E-state index in [4.69, 9.17) is 5.26 Å². The van der Waals surface area contributed by atoms with Crippen molar-refractivity contribution in [2.45, 2.75) is 43.9 Å². The third kappa shape index (κ3) is 2.49. The molecule has 0 N–H and O–H groups in total. The van der Waals surface area contributed by atoms with Gasteiger partial charge in [-0.05, 0) is 26.7 Å². The lowest BCUT2D eigenvalue weighted by Gasteiger charge is -2.41. The van der Waals surface area contributed by atoms with Gasteiger partial charge in [0.1, 0.15) is 0 Å². The van der Waals surface area contributed by atoms with E-state index in [1.54, 1.807) is 0 Å². The Balaban J connectivity index is 2.01. The molecule has 0 aromatic heterocycles. The van der Waals surface area contributed by atoms with Crippen LogP contribution in [0.25, 0.3) is 0 Å². The van der Waals surface area contributed by atoms with Gasteiger partial charge in [-0.3, -0.25) is 4.90 Å². The first-order valence-corrected chi connectivity index (χ1v) is 6.88. The second kappa shape index (κ2) is 4.35. The Hall–Kier alpha value is -0.200. The van der Waals surface area contributed by atoms with Crippen molar-refractivity contribution in [3.05, 3.63) is 0 Å². The smallest absolute Gasteiger partial charge is 0.0672 e. The number of nitriles is 1. The standard InChI is InChI=1S/C12H20N2S/c1-12(2)9-14(6-7-15-12)11-5-3-4-10(11)8-13/h10-11H,3-7,9H2,1-2H3. The molecule has 84 valence electrons. The summed E-state index contributed by atoms with van der Waals surface area (Å²) in [7, 11) is 0. The second-order valence-corrected chi connectivity index (χ2v) is 7.11. The van der Waals surface area contributed by atoms with Crippen molar-refractivity contribution in [1.29, 1.82) is 5.26 Å². The lowest BCUT2D eigenvalue weighted by Crippen LogP contribution is -2.49. The fourth-order valence-corrected chi connectivity index (χ4v) is 4.00. The maximum atomic E-state index is 9.12. The van der Waals surface area contributed by atoms with Crippen molar-refractivity contribution in [3.8, 4) is 6.07 Å². The van der Waals surface area contributed by atoms with Gasteiger partial charge in [0.2, 0.25) is 0 Å². The summed E-state index contributed by atoms with van der Waals surface area (Å²) in [6.07, 6.45) is 3.59. The van der Waals surface area contributed by atoms with Crippen LogP contribution in [0.15, 0.2) is 0 Å². The molecule has 1 saturated heterocycles. The van der Waals surface area contributed by atoms with Crippen molar-refractivity contribution in [2.24, 2.45) is 5.92 Å². The SMILES string of the molecule is CC1(C)CN(C2CCCC2C#N)CCS1. The average Bonchev–Trinajstić information content (AvgIpc) is 2.63. The zero-order chi connectivity index (χ0) is 10.9. The molecule has 2 rings (SSSR count). The number of nitrogens with zero attached hydrogens (tertiary/aromatic N) is 2. The Kier molecular flexibility index (Phi) is 3.27. The van der Waals surface area contributed by atoms with E-state index in [1.807, 2.05) is 0 Å². The average molecular weight is 224 g/mol. The molecule has 0 aromatic carbocycles. The van der Waals surface area contributed by atoms with Crippen molar-refractivity contribution in [2.75, 3.05) is 18.8 Å². The largest absolute Gasteiger partial charge is 0.297 e. The number of hydrogen-bond donors (Lipinski definition) is 0. The van der Waals surface area contributed by atoms with E-state index in [-0.39, 0.29) is 0 Å². The van der Waals surface area contributed by atoms with Gasteiger partial charge in [0.15, 0.2) is 0 Å². The molecule has 2 nitrogen and oxygen atoms in total. The maximum Gasteiger partial charge on any atom is 0.0672 e. The zero-order valence-electron chi connectivity index (χ0n) is 9.70. The third-order valence-electron chi connectivity index (χ3n) is 3.57. The molecule has 0 amide bonds. The lowest BCUT2D eigenvalue weighted by atomic mass is 10.0. The molecule has 0 spiro atoms. The van der Waals surface area contributed by atoms with Crippen LogP contribution in [0, 0.1) is 17.2 Å². The van der Waals surface area contributed by atoms with Crippen LogP contribution in [0.1, 0.15) is 33.1 Å². The molecule has 0 radical (unpaired) electrons. The minimum Gasteiger partial charge on any atom is -0.297 e. The van der Waals surface area contributed by atoms with E-state index < -0.39 is 0 Å². The molecule has 0 aromatic rings. The number of thioether (sulfide) groups is 1. The summed E-state index contributed by atoms with van der Waals surface area (Å²) in [5.41, 5.74) is 0. The highest BCUT2D eigenvalue weighted by Crippen LogP contribution is 2.36. The maximum absolute atomic E-state index is 9.12. The van der Waals surface area contributed by atoms with Crippen molar-refractivity contribution in [3.63, 3.8) is 0 Å². The lowest BCUT2D eigenvalue weighted by molar-refractivity contribution is 0.170. The van der Waals surface area contributed by atoms with Gasteiger partial charge in [-0.2, -0.15) is 17.0 Å². The van der Waals surface area contributed by atoms with Gasteiger partial charge < -0.3 is 0 Å². The Morgan fingerprint density at radius 1 is 1.40 bits per heavy atom. The summed E-state index contributed by atoms with van der Waals surface area (Å²) in [5.74, 6) is 1.52. The molecule has 1 saturated carbocycles. The minimum absolute atomic E-state index is 0.295. The molecular formula is C12H20N2S. The zero-order valence-corrected chi connectivity index (χ0v) is 10.5. The minimum atomic E-state index is 0.295. The monoisotopic (exact) mass is 224 g/mol. The van der Waals surface area contributed by atoms with Crippen LogP contribution in [0.5, 0.6) is 0 Å². The Morgan fingerprint density at radius 3 is 2.87 bits per heavy atom. The van der Waals surface area contributed by atoms with Crippen LogP contribution in [0.2, 0.25) is 0 Å². The normalized spacial score (nSPS) is 36.3. The number of rotatable bonds is 1. The Bertz CT molecular complexity index is 269. The molecular weight excluding hydrogens is 204 g/mol. The summed E-state index contributed by atoms with van der Waals surface area (Å²) in [4.78, 5) is 2.57. The van der Waals surface area contributed by atoms with E-state index in [9.17, 15) is 0 Å². The number of hydrogen-bond acceptors (Lipinski definition) is 3. The molecule has 2 atom stereocenters.